The highest BCUT2D eigenvalue weighted by Gasteiger charge is 2.52. The predicted octanol–water partition coefficient (Wildman–Crippen LogP) is 3.29. The molecule has 0 atom stereocenters. The van der Waals surface area contributed by atoms with E-state index in [0.717, 1.165) is 12.8 Å². The molecular formula is C20H26N2O4. The van der Waals surface area contributed by atoms with Gasteiger partial charge < -0.3 is 10.1 Å². The molecule has 0 aromatic heterocycles. The van der Waals surface area contributed by atoms with Crippen LogP contribution in [0.2, 0.25) is 0 Å². The van der Waals surface area contributed by atoms with Crippen molar-refractivity contribution in [3.05, 3.63) is 29.3 Å². The zero-order chi connectivity index (χ0) is 18.9. The molecule has 1 spiro atoms. The molecule has 3 rings (SSSR count). The quantitative estimate of drug-likeness (QED) is 0.647. The fourth-order valence-electron chi connectivity index (χ4n) is 3.80. The van der Waals surface area contributed by atoms with Crippen molar-refractivity contribution in [2.24, 2.45) is 5.92 Å². The number of hydrogen-bond donors (Lipinski definition) is 1. The summed E-state index contributed by atoms with van der Waals surface area (Å²) in [4.78, 5) is 38.5. The number of carbonyl (C=O) groups excluding carboxylic acids is 3. The van der Waals surface area contributed by atoms with Crippen LogP contribution >= 0.6 is 0 Å². The maximum atomic E-state index is 13.0. The number of carbonyl (C=O) groups is 3. The van der Waals surface area contributed by atoms with Gasteiger partial charge >= 0.3 is 6.03 Å². The van der Waals surface area contributed by atoms with Crippen LogP contribution in [0.25, 0.3) is 0 Å². The lowest BCUT2D eigenvalue weighted by Crippen LogP contribution is -2.49. The van der Waals surface area contributed by atoms with Crippen LogP contribution in [0.3, 0.4) is 0 Å². The highest BCUT2D eigenvalue weighted by molar-refractivity contribution is 6.07. The largest absolute Gasteiger partial charge is 0.494 e. The number of imide groups is 1. The zero-order valence-corrected chi connectivity index (χ0v) is 15.6. The molecule has 1 aromatic rings. The summed E-state index contributed by atoms with van der Waals surface area (Å²) in [6.45, 7) is 6.11. The SMILES string of the molecule is CCOc1ccc(C(C)=O)cc1CN1C(=O)NC2(CCC(C)CC2)C1=O. The Balaban J connectivity index is 1.86. The van der Waals surface area contributed by atoms with Gasteiger partial charge in [-0.25, -0.2) is 4.79 Å². The molecule has 2 fully saturated rings. The number of Topliss-reactive ketones (excluding diaryl/α,β-unsaturated/α-hetero) is 1. The standard InChI is InChI=1S/C20H26N2O4/c1-4-26-17-6-5-15(14(3)23)11-16(17)12-22-18(24)20(21-19(22)25)9-7-13(2)8-10-20/h5-6,11,13H,4,7-10,12H2,1-3H3,(H,21,25). The lowest BCUT2D eigenvalue weighted by molar-refractivity contribution is -0.133. The molecule has 26 heavy (non-hydrogen) atoms. The van der Waals surface area contributed by atoms with Crippen molar-refractivity contribution in [2.45, 2.75) is 58.5 Å². The van der Waals surface area contributed by atoms with E-state index in [9.17, 15) is 14.4 Å². The average Bonchev–Trinajstić information content (AvgIpc) is 2.83. The Morgan fingerprint density at radius 3 is 2.62 bits per heavy atom. The predicted molar refractivity (Wildman–Crippen MR) is 97.1 cm³/mol. The van der Waals surface area contributed by atoms with E-state index in [0.29, 0.717) is 42.2 Å². The van der Waals surface area contributed by atoms with Gasteiger partial charge in [-0.2, -0.15) is 0 Å². The van der Waals surface area contributed by atoms with Gasteiger partial charge in [0.15, 0.2) is 5.78 Å². The topological polar surface area (TPSA) is 75.7 Å². The number of ether oxygens (including phenoxy) is 1. The Kier molecular flexibility index (Phi) is 5.03. The van der Waals surface area contributed by atoms with Crippen molar-refractivity contribution < 1.29 is 19.1 Å². The summed E-state index contributed by atoms with van der Waals surface area (Å²) in [5.41, 5.74) is 0.453. The summed E-state index contributed by atoms with van der Waals surface area (Å²) in [5.74, 6) is 0.946. The lowest BCUT2D eigenvalue weighted by atomic mass is 9.77. The maximum absolute atomic E-state index is 13.0. The normalized spacial score (nSPS) is 25.5. The minimum Gasteiger partial charge on any atom is -0.494 e. The molecule has 0 bridgehead atoms. The van der Waals surface area contributed by atoms with Crippen molar-refractivity contribution in [2.75, 3.05) is 6.61 Å². The van der Waals surface area contributed by atoms with Gasteiger partial charge in [-0.05, 0) is 63.6 Å². The molecule has 0 unspecified atom stereocenters. The second-order valence-corrected chi connectivity index (χ2v) is 7.40. The van der Waals surface area contributed by atoms with Gasteiger partial charge in [0.25, 0.3) is 5.91 Å². The van der Waals surface area contributed by atoms with Gasteiger partial charge in [-0.15, -0.1) is 0 Å². The first-order valence-electron chi connectivity index (χ1n) is 9.27. The highest BCUT2D eigenvalue weighted by Crippen LogP contribution is 2.37. The molecule has 1 aliphatic heterocycles. The Morgan fingerprint density at radius 2 is 2.00 bits per heavy atom. The number of nitrogens with zero attached hydrogens (tertiary/aromatic N) is 1. The molecule has 140 valence electrons. The van der Waals surface area contributed by atoms with Crippen molar-refractivity contribution in [1.29, 1.82) is 0 Å². The summed E-state index contributed by atoms with van der Waals surface area (Å²) >= 11 is 0. The molecule has 3 amide bonds. The Bertz CT molecular complexity index is 735. The third-order valence-corrected chi connectivity index (χ3v) is 5.47. The first-order chi connectivity index (χ1) is 12.4. The molecular weight excluding hydrogens is 332 g/mol. The Labute approximate surface area is 153 Å². The van der Waals surface area contributed by atoms with E-state index in [-0.39, 0.29) is 24.3 Å². The molecule has 1 aliphatic carbocycles. The van der Waals surface area contributed by atoms with E-state index in [1.54, 1.807) is 18.2 Å². The molecule has 6 heteroatoms. The number of hydrogen-bond acceptors (Lipinski definition) is 4. The van der Waals surface area contributed by atoms with E-state index >= 15 is 0 Å². The first-order valence-corrected chi connectivity index (χ1v) is 9.27. The summed E-state index contributed by atoms with van der Waals surface area (Å²) in [6.07, 6.45) is 3.23. The monoisotopic (exact) mass is 358 g/mol. The molecule has 1 N–H and O–H groups in total. The fraction of sp³-hybridized carbons (Fsp3) is 0.550. The minimum absolute atomic E-state index is 0.0655. The van der Waals surface area contributed by atoms with Gasteiger partial charge in [-0.3, -0.25) is 14.5 Å². The molecule has 2 aliphatic rings. The van der Waals surface area contributed by atoms with Gasteiger partial charge in [0.2, 0.25) is 0 Å². The van der Waals surface area contributed by atoms with Crippen LogP contribution in [-0.2, 0) is 11.3 Å². The van der Waals surface area contributed by atoms with E-state index in [4.69, 9.17) is 4.74 Å². The van der Waals surface area contributed by atoms with Gasteiger partial charge in [-0.1, -0.05) is 6.92 Å². The second-order valence-electron chi connectivity index (χ2n) is 7.40. The molecule has 1 aromatic carbocycles. The number of rotatable bonds is 5. The molecule has 0 radical (unpaired) electrons. The van der Waals surface area contributed by atoms with Crippen molar-refractivity contribution in [3.63, 3.8) is 0 Å². The maximum Gasteiger partial charge on any atom is 0.325 e. The summed E-state index contributed by atoms with van der Waals surface area (Å²) in [7, 11) is 0. The van der Waals surface area contributed by atoms with Crippen LogP contribution in [0, 0.1) is 5.92 Å². The number of benzene rings is 1. The molecule has 1 saturated carbocycles. The number of ketones is 1. The smallest absolute Gasteiger partial charge is 0.325 e. The number of amides is 3. The summed E-state index contributed by atoms with van der Waals surface area (Å²) in [6, 6.07) is 4.78. The Hall–Kier alpha value is -2.37. The molecule has 6 nitrogen and oxygen atoms in total. The van der Waals surface area contributed by atoms with Gasteiger partial charge in [0.05, 0.1) is 13.2 Å². The lowest BCUT2D eigenvalue weighted by Gasteiger charge is -2.33. The Morgan fingerprint density at radius 1 is 1.31 bits per heavy atom. The van der Waals surface area contributed by atoms with Crippen molar-refractivity contribution in [3.8, 4) is 5.75 Å². The van der Waals surface area contributed by atoms with E-state index < -0.39 is 5.54 Å². The van der Waals surface area contributed by atoms with Crippen LogP contribution in [0.4, 0.5) is 4.79 Å². The van der Waals surface area contributed by atoms with Crippen LogP contribution in [0.1, 0.15) is 62.4 Å². The summed E-state index contributed by atoms with van der Waals surface area (Å²) < 4.78 is 5.62. The van der Waals surface area contributed by atoms with Gasteiger partial charge in [0.1, 0.15) is 11.3 Å². The first kappa shape index (κ1) is 18.4. The third-order valence-electron chi connectivity index (χ3n) is 5.47. The third kappa shape index (κ3) is 3.32. The van der Waals surface area contributed by atoms with Crippen LogP contribution in [-0.4, -0.2) is 34.8 Å². The zero-order valence-electron chi connectivity index (χ0n) is 15.6. The molecule has 1 saturated heterocycles. The van der Waals surface area contributed by atoms with Gasteiger partial charge in [0, 0.05) is 11.1 Å². The van der Waals surface area contributed by atoms with E-state index in [1.807, 2.05) is 6.92 Å². The van der Waals surface area contributed by atoms with Crippen LogP contribution < -0.4 is 10.1 Å². The van der Waals surface area contributed by atoms with E-state index in [1.165, 1.54) is 11.8 Å². The van der Waals surface area contributed by atoms with E-state index in [2.05, 4.69) is 12.2 Å². The second kappa shape index (κ2) is 7.09. The van der Waals surface area contributed by atoms with Crippen LogP contribution in [0.15, 0.2) is 18.2 Å². The minimum atomic E-state index is -0.756. The highest BCUT2D eigenvalue weighted by atomic mass is 16.5. The number of urea groups is 1. The van der Waals surface area contributed by atoms with Crippen molar-refractivity contribution >= 4 is 17.7 Å². The summed E-state index contributed by atoms with van der Waals surface area (Å²) in [5, 5.41) is 2.93. The fourth-order valence-corrected chi connectivity index (χ4v) is 3.80. The number of nitrogens with one attached hydrogen (secondary N) is 1. The van der Waals surface area contributed by atoms with Crippen LogP contribution in [0.5, 0.6) is 5.75 Å². The molecule has 1 heterocycles. The average molecular weight is 358 g/mol. The van der Waals surface area contributed by atoms with Crippen molar-refractivity contribution in [1.82, 2.24) is 10.2 Å².